The molecule has 4 nitrogen and oxygen atoms in total. The molecule has 0 amide bonds. The zero-order valence-corrected chi connectivity index (χ0v) is 30.7. The molecular formula is C53H32N2O2. The normalized spacial score (nSPS) is 11.9. The van der Waals surface area contributed by atoms with Gasteiger partial charge < -0.3 is 13.7 Å². The molecule has 0 fully saturated rings. The number of nitrogens with zero attached hydrogens (tertiary/aromatic N) is 2. The lowest BCUT2D eigenvalue weighted by Crippen LogP contribution is -2.10. The van der Waals surface area contributed by atoms with E-state index in [9.17, 15) is 0 Å². The first-order valence-electron chi connectivity index (χ1n) is 19.3. The van der Waals surface area contributed by atoms with Crippen molar-refractivity contribution in [2.24, 2.45) is 0 Å². The van der Waals surface area contributed by atoms with Crippen molar-refractivity contribution in [1.29, 1.82) is 0 Å². The minimum absolute atomic E-state index is 0.576. The second-order valence-electron chi connectivity index (χ2n) is 14.7. The molecule has 4 heteroatoms. The fraction of sp³-hybridized carbons (Fsp3) is 0. The van der Waals surface area contributed by atoms with Crippen molar-refractivity contribution < 1.29 is 8.83 Å². The van der Waals surface area contributed by atoms with Gasteiger partial charge in [-0.15, -0.1) is 0 Å². The Bertz CT molecular complexity index is 3490. The van der Waals surface area contributed by atoms with E-state index in [0.29, 0.717) is 5.89 Å². The van der Waals surface area contributed by atoms with Gasteiger partial charge in [0, 0.05) is 39.2 Å². The number of anilines is 3. The van der Waals surface area contributed by atoms with E-state index in [2.05, 4.69) is 175 Å². The van der Waals surface area contributed by atoms with Crippen LogP contribution >= 0.6 is 0 Å². The van der Waals surface area contributed by atoms with Crippen LogP contribution in [0.25, 0.3) is 98.7 Å². The average Bonchev–Trinajstić information content (AvgIpc) is 3.86. The van der Waals surface area contributed by atoms with Gasteiger partial charge in [-0.25, -0.2) is 4.98 Å². The fourth-order valence-electron chi connectivity index (χ4n) is 8.78. The van der Waals surface area contributed by atoms with Gasteiger partial charge in [0.2, 0.25) is 5.89 Å². The summed E-state index contributed by atoms with van der Waals surface area (Å²) in [5.41, 5.74) is 9.53. The van der Waals surface area contributed by atoms with E-state index >= 15 is 0 Å². The number of oxazole rings is 1. The minimum Gasteiger partial charge on any atom is -0.456 e. The highest BCUT2D eigenvalue weighted by Gasteiger charge is 2.22. The molecule has 2 heterocycles. The van der Waals surface area contributed by atoms with Crippen LogP contribution in [0.4, 0.5) is 17.1 Å². The Morgan fingerprint density at radius 1 is 0.368 bits per heavy atom. The number of fused-ring (bicyclic) bond motifs is 10. The molecule has 10 aromatic carbocycles. The van der Waals surface area contributed by atoms with Gasteiger partial charge in [0.15, 0.2) is 5.58 Å². The van der Waals surface area contributed by atoms with Crippen LogP contribution in [-0.4, -0.2) is 4.98 Å². The molecule has 0 unspecified atom stereocenters. The second-order valence-corrected chi connectivity index (χ2v) is 14.7. The Morgan fingerprint density at radius 3 is 1.98 bits per heavy atom. The predicted molar refractivity (Wildman–Crippen MR) is 237 cm³/mol. The van der Waals surface area contributed by atoms with Crippen LogP contribution in [0, 0.1) is 0 Å². The zero-order valence-electron chi connectivity index (χ0n) is 30.7. The topological polar surface area (TPSA) is 42.4 Å². The number of hydrogen-bond donors (Lipinski definition) is 0. The number of furan rings is 1. The monoisotopic (exact) mass is 728 g/mol. The highest BCUT2D eigenvalue weighted by atomic mass is 16.3. The molecule has 0 aliphatic carbocycles. The van der Waals surface area contributed by atoms with E-state index in [1.54, 1.807) is 0 Å². The second kappa shape index (κ2) is 12.4. The largest absolute Gasteiger partial charge is 0.456 e. The fourth-order valence-corrected chi connectivity index (χ4v) is 8.78. The molecule has 0 N–H and O–H groups in total. The Kier molecular flexibility index (Phi) is 6.89. The molecular weight excluding hydrogens is 697 g/mol. The summed E-state index contributed by atoms with van der Waals surface area (Å²) in [6, 6.07) is 68.8. The summed E-state index contributed by atoms with van der Waals surface area (Å²) in [6.07, 6.45) is 0. The minimum atomic E-state index is 0.576. The summed E-state index contributed by atoms with van der Waals surface area (Å²) in [6.45, 7) is 0. The van der Waals surface area contributed by atoms with E-state index in [4.69, 9.17) is 13.8 Å². The summed E-state index contributed by atoms with van der Waals surface area (Å²) in [5, 5.41) is 11.5. The third-order valence-electron chi connectivity index (χ3n) is 11.4. The first-order chi connectivity index (χ1) is 28.2. The Hall–Kier alpha value is -7.69. The third kappa shape index (κ3) is 5.04. The Morgan fingerprint density at radius 2 is 1.07 bits per heavy atom. The van der Waals surface area contributed by atoms with Crippen molar-refractivity contribution in [2.75, 3.05) is 4.90 Å². The van der Waals surface area contributed by atoms with Crippen molar-refractivity contribution in [1.82, 2.24) is 4.98 Å². The summed E-state index contributed by atoms with van der Waals surface area (Å²) in [7, 11) is 0. The van der Waals surface area contributed by atoms with Crippen molar-refractivity contribution in [3.63, 3.8) is 0 Å². The predicted octanol–water partition coefficient (Wildman–Crippen LogP) is 15.1. The van der Waals surface area contributed by atoms with Gasteiger partial charge in [-0.3, -0.25) is 0 Å². The lowest BCUT2D eigenvalue weighted by Gasteiger charge is -2.28. The van der Waals surface area contributed by atoms with E-state index < -0.39 is 0 Å². The van der Waals surface area contributed by atoms with Gasteiger partial charge >= 0.3 is 0 Å². The van der Waals surface area contributed by atoms with Crippen LogP contribution in [0.1, 0.15) is 0 Å². The van der Waals surface area contributed by atoms with Crippen LogP contribution in [0.15, 0.2) is 203 Å². The third-order valence-corrected chi connectivity index (χ3v) is 11.4. The smallest absolute Gasteiger partial charge is 0.228 e. The highest BCUT2D eigenvalue weighted by Crippen LogP contribution is 2.46. The molecule has 0 saturated carbocycles. The van der Waals surface area contributed by atoms with Gasteiger partial charge in [-0.2, -0.15) is 0 Å². The first kappa shape index (κ1) is 31.6. The van der Waals surface area contributed by atoms with Crippen molar-refractivity contribution in [2.45, 2.75) is 0 Å². The Labute approximate surface area is 327 Å². The van der Waals surface area contributed by atoms with Gasteiger partial charge in [0.05, 0.1) is 5.69 Å². The summed E-state index contributed by atoms with van der Waals surface area (Å²) >= 11 is 0. The highest BCUT2D eigenvalue weighted by molar-refractivity contribution is 6.21. The Balaban J connectivity index is 1.08. The standard InChI is InChI=1S/C53H32N2O2/c1-2-11-33(12-3-1)36-17-8-18-39(29-36)55(47-21-9-16-35-24-26-42-41-19-7-6-13-34(41)23-27-43(42)51(35)47)40-25-28-44-49(32-40)56-48-22-10-20-45(52(44)48)53-54-46-30-37-14-4-5-15-38(37)31-50(46)57-53/h1-32H. The van der Waals surface area contributed by atoms with Crippen LogP contribution in [0.5, 0.6) is 0 Å². The summed E-state index contributed by atoms with van der Waals surface area (Å²) in [5.74, 6) is 0.576. The number of aromatic nitrogens is 1. The van der Waals surface area contributed by atoms with Crippen LogP contribution in [0.3, 0.4) is 0 Å². The lowest BCUT2D eigenvalue weighted by molar-refractivity contribution is 0.620. The number of benzene rings is 10. The van der Waals surface area contributed by atoms with Crippen LogP contribution in [-0.2, 0) is 0 Å². The van der Waals surface area contributed by atoms with Crippen LogP contribution in [0.2, 0.25) is 0 Å². The molecule has 266 valence electrons. The van der Waals surface area contributed by atoms with Gasteiger partial charge in [0.25, 0.3) is 0 Å². The molecule has 0 aliphatic rings. The molecule has 12 rings (SSSR count). The zero-order chi connectivity index (χ0) is 37.5. The molecule has 0 atom stereocenters. The van der Waals surface area contributed by atoms with Gasteiger partial charge in [-0.1, -0.05) is 133 Å². The van der Waals surface area contributed by atoms with Crippen LogP contribution < -0.4 is 4.90 Å². The van der Waals surface area contributed by atoms with Gasteiger partial charge in [0.1, 0.15) is 16.7 Å². The van der Waals surface area contributed by atoms with E-state index in [0.717, 1.165) is 72.0 Å². The maximum absolute atomic E-state index is 6.72. The lowest BCUT2D eigenvalue weighted by atomic mass is 9.95. The van der Waals surface area contributed by atoms with E-state index in [-0.39, 0.29) is 0 Å². The summed E-state index contributed by atoms with van der Waals surface area (Å²) in [4.78, 5) is 7.36. The quantitative estimate of drug-likeness (QED) is 0.166. The molecule has 57 heavy (non-hydrogen) atoms. The molecule has 0 radical (unpaired) electrons. The maximum atomic E-state index is 6.72. The van der Waals surface area contributed by atoms with E-state index in [1.165, 1.54) is 37.9 Å². The van der Waals surface area contributed by atoms with Crippen molar-refractivity contribution in [3.05, 3.63) is 194 Å². The van der Waals surface area contributed by atoms with Crippen molar-refractivity contribution in [3.8, 4) is 22.6 Å². The molecule has 0 aliphatic heterocycles. The van der Waals surface area contributed by atoms with Crippen molar-refractivity contribution >= 4 is 93.2 Å². The molecule has 0 bridgehead atoms. The van der Waals surface area contributed by atoms with E-state index in [1.807, 2.05) is 24.3 Å². The van der Waals surface area contributed by atoms with Gasteiger partial charge in [-0.05, 0) is 103 Å². The molecule has 12 aromatic rings. The molecule has 2 aromatic heterocycles. The maximum Gasteiger partial charge on any atom is 0.228 e. The summed E-state index contributed by atoms with van der Waals surface area (Å²) < 4.78 is 13.2. The molecule has 0 spiro atoms. The molecule has 0 saturated heterocycles. The first-order valence-corrected chi connectivity index (χ1v) is 19.3. The average molecular weight is 729 g/mol. The number of rotatable bonds is 5. The SMILES string of the molecule is c1ccc(-c2cccc(N(c3ccc4c(c3)oc3cccc(-c5nc6cc7ccccc7cc6o5)c34)c3cccc4ccc5c6ccccc6ccc5c34)c2)cc1. The number of hydrogen-bond acceptors (Lipinski definition) is 4.